The number of anilines is 2. The number of fused-ring (bicyclic) bond motifs is 11. The van der Waals surface area contributed by atoms with Crippen molar-refractivity contribution in [2.75, 3.05) is 9.80 Å². The van der Waals surface area contributed by atoms with Crippen LogP contribution in [0.3, 0.4) is 0 Å². The SMILES string of the molecule is [2H]c1c([2H])c([2H])c(N2[CH-]N(c3[c-]c(Oc4[c-]c5c(cc4)c4ccccc4n5-c4cc(C(C)(C)C)ccn4)ccc3)C3C2[C@H]2C[C@@H]3c3ccccc32)c([2H])c1[2H].[Pt]. The van der Waals surface area contributed by atoms with Gasteiger partial charge in [-0.1, -0.05) is 86.9 Å². The molecular weight excluding hydrogens is 808 g/mol. The maximum atomic E-state index is 8.87. The first-order chi connectivity index (χ1) is 26.5. The number of hydrogen-bond donors (Lipinski definition) is 0. The molecular formula is C45H37N4OPt-3. The largest absolute Gasteiger partial charge is 0.519 e. The third kappa shape index (κ3) is 5.12. The molecule has 1 saturated carbocycles. The van der Waals surface area contributed by atoms with Crippen LogP contribution in [-0.2, 0) is 26.5 Å². The molecule has 6 heteroatoms. The first-order valence-electron chi connectivity index (χ1n) is 19.7. The van der Waals surface area contributed by atoms with Gasteiger partial charge in [-0.2, -0.15) is 24.9 Å². The van der Waals surface area contributed by atoms with Crippen molar-refractivity contribution in [1.29, 1.82) is 0 Å². The second-order valence-electron chi connectivity index (χ2n) is 14.6. The molecule has 1 saturated heterocycles. The Morgan fingerprint density at radius 3 is 2.29 bits per heavy atom. The van der Waals surface area contributed by atoms with E-state index in [9.17, 15) is 0 Å². The number of rotatable bonds is 5. The van der Waals surface area contributed by atoms with Gasteiger partial charge in [0.1, 0.15) is 5.82 Å². The van der Waals surface area contributed by atoms with Crippen molar-refractivity contribution in [3.05, 3.63) is 163 Å². The second kappa shape index (κ2) is 12.1. The Bertz CT molecular complexity index is 2680. The summed E-state index contributed by atoms with van der Waals surface area (Å²) in [5.74, 6) is 2.19. The molecule has 3 heterocycles. The molecule has 7 aromatic rings. The zero-order chi connectivity index (χ0) is 37.9. The molecule has 10 rings (SSSR count). The van der Waals surface area contributed by atoms with Gasteiger partial charge in [0.15, 0.2) is 0 Å². The van der Waals surface area contributed by atoms with Gasteiger partial charge in [-0.05, 0) is 64.2 Å². The molecule has 3 aliphatic rings. The van der Waals surface area contributed by atoms with E-state index in [0.717, 1.165) is 39.7 Å². The summed E-state index contributed by atoms with van der Waals surface area (Å²) in [5.41, 5.74) is 6.58. The second-order valence-corrected chi connectivity index (χ2v) is 14.6. The predicted molar refractivity (Wildman–Crippen MR) is 201 cm³/mol. The molecule has 256 valence electrons. The Hall–Kier alpha value is -4.86. The third-order valence-electron chi connectivity index (χ3n) is 10.8. The Balaban J connectivity index is 0.00000410. The minimum Gasteiger partial charge on any atom is -0.519 e. The first kappa shape index (κ1) is 26.9. The Morgan fingerprint density at radius 2 is 1.51 bits per heavy atom. The van der Waals surface area contributed by atoms with E-state index in [0.29, 0.717) is 11.5 Å². The van der Waals surface area contributed by atoms with Crippen LogP contribution in [0.15, 0.2) is 127 Å². The quantitative estimate of drug-likeness (QED) is 0.162. The molecule has 0 spiro atoms. The zero-order valence-electron chi connectivity index (χ0n) is 33.3. The molecule has 5 aromatic carbocycles. The van der Waals surface area contributed by atoms with Crippen LogP contribution in [0, 0.1) is 18.8 Å². The van der Waals surface area contributed by atoms with Gasteiger partial charge in [-0.15, -0.1) is 35.3 Å². The van der Waals surface area contributed by atoms with E-state index in [-0.39, 0.29) is 80.3 Å². The van der Waals surface area contributed by atoms with E-state index >= 15 is 0 Å². The molecule has 2 aromatic heterocycles. The molecule has 2 fully saturated rings. The van der Waals surface area contributed by atoms with Crippen molar-refractivity contribution >= 4 is 33.2 Å². The van der Waals surface area contributed by atoms with Crippen molar-refractivity contribution in [3.8, 4) is 17.3 Å². The fourth-order valence-electron chi connectivity index (χ4n) is 8.59. The maximum absolute atomic E-state index is 8.87. The van der Waals surface area contributed by atoms with Crippen LogP contribution in [0.25, 0.3) is 27.6 Å². The number of para-hydroxylation sites is 2. The van der Waals surface area contributed by atoms with Gasteiger partial charge in [0.2, 0.25) is 0 Å². The molecule has 2 aliphatic carbocycles. The minimum absolute atomic E-state index is 0. The summed E-state index contributed by atoms with van der Waals surface area (Å²) in [6.07, 6.45) is 2.78. The number of ether oxygens (including phenoxy) is 1. The monoisotopic (exact) mass is 849 g/mol. The van der Waals surface area contributed by atoms with Crippen molar-refractivity contribution < 1.29 is 32.7 Å². The number of aromatic nitrogens is 2. The van der Waals surface area contributed by atoms with Crippen molar-refractivity contribution in [1.82, 2.24) is 9.55 Å². The summed E-state index contributed by atoms with van der Waals surface area (Å²) in [6.45, 7) is 8.51. The molecule has 5 nitrogen and oxygen atoms in total. The topological polar surface area (TPSA) is 33.5 Å². The van der Waals surface area contributed by atoms with E-state index in [2.05, 4.69) is 97.0 Å². The summed E-state index contributed by atoms with van der Waals surface area (Å²) in [7, 11) is 0. The standard InChI is InChI=1S/C45H37N4O.Pt/c1-45(2,3)29-22-23-46-42(24-29)49-40-19-10-9-18-36(40)37-21-20-33(26-41(37)49)50-32-15-11-14-31(25-32)48-28-47(30-12-5-4-6-13-30)43-38-27-39(44(43)48)35-17-8-7-16-34(35)38;/h4-24,28,38-39,43-44H,27H2,1-3H3;/q-3;/t38-,39+,43?,44?;/m0./s1/i4D,5D,6D,12D,13D;. The van der Waals surface area contributed by atoms with Crippen LogP contribution in [0.2, 0.25) is 0 Å². The van der Waals surface area contributed by atoms with E-state index in [1.54, 1.807) is 0 Å². The normalized spacial score (nSPS) is 21.8. The van der Waals surface area contributed by atoms with Gasteiger partial charge in [0.05, 0.1) is 6.85 Å². The Morgan fingerprint density at radius 1 is 0.784 bits per heavy atom. The number of pyridine rings is 1. The molecule has 0 N–H and O–H groups in total. The maximum Gasteiger partial charge on any atom is 0.135 e. The van der Waals surface area contributed by atoms with E-state index < -0.39 is 6.04 Å². The molecule has 2 bridgehead atoms. The number of benzene rings is 5. The molecule has 2 unspecified atom stereocenters. The van der Waals surface area contributed by atoms with Crippen molar-refractivity contribution in [2.45, 2.75) is 56.5 Å². The van der Waals surface area contributed by atoms with Crippen LogP contribution >= 0.6 is 0 Å². The zero-order valence-corrected chi connectivity index (χ0v) is 30.6. The number of hydrogen-bond acceptors (Lipinski definition) is 4. The average molecular weight is 850 g/mol. The van der Waals surface area contributed by atoms with Crippen LogP contribution in [0.5, 0.6) is 11.5 Å². The smallest absolute Gasteiger partial charge is 0.135 e. The van der Waals surface area contributed by atoms with Gasteiger partial charge >= 0.3 is 0 Å². The summed E-state index contributed by atoms with van der Waals surface area (Å²) < 4.78 is 51.5. The minimum atomic E-state index is -0.395. The van der Waals surface area contributed by atoms with Crippen LogP contribution in [-0.4, -0.2) is 21.6 Å². The number of nitrogens with zero attached hydrogens (tertiary/aromatic N) is 4. The third-order valence-corrected chi connectivity index (χ3v) is 10.8. The predicted octanol–water partition coefficient (Wildman–Crippen LogP) is 10.3. The first-order valence-corrected chi connectivity index (χ1v) is 17.2. The summed E-state index contributed by atoms with van der Waals surface area (Å²) in [6, 6.07) is 36.3. The van der Waals surface area contributed by atoms with Crippen LogP contribution < -0.4 is 14.5 Å². The summed E-state index contributed by atoms with van der Waals surface area (Å²) >= 11 is 0. The fraction of sp³-hybridized carbons (Fsp3) is 0.200. The summed E-state index contributed by atoms with van der Waals surface area (Å²) in [4.78, 5) is 8.89. The fourth-order valence-corrected chi connectivity index (χ4v) is 8.59. The molecule has 0 radical (unpaired) electrons. The van der Waals surface area contributed by atoms with Crippen LogP contribution in [0.4, 0.5) is 11.4 Å². The van der Waals surface area contributed by atoms with Gasteiger partial charge in [0, 0.05) is 73.9 Å². The molecule has 51 heavy (non-hydrogen) atoms. The van der Waals surface area contributed by atoms with Gasteiger partial charge in [0.25, 0.3) is 0 Å². The van der Waals surface area contributed by atoms with Gasteiger partial charge in [-0.25, -0.2) is 4.98 Å². The molecule has 1 aliphatic heterocycles. The van der Waals surface area contributed by atoms with Crippen molar-refractivity contribution in [2.24, 2.45) is 0 Å². The van der Waals surface area contributed by atoms with E-state index in [1.807, 2.05) is 54.2 Å². The van der Waals surface area contributed by atoms with Crippen molar-refractivity contribution in [3.63, 3.8) is 0 Å². The van der Waals surface area contributed by atoms with E-state index in [4.69, 9.17) is 16.6 Å². The van der Waals surface area contributed by atoms with E-state index in [1.165, 1.54) is 16.7 Å². The molecule has 0 amide bonds. The Labute approximate surface area is 320 Å². The van der Waals surface area contributed by atoms with Crippen LogP contribution in [0.1, 0.15) is 62.6 Å². The van der Waals surface area contributed by atoms with Gasteiger partial charge in [-0.3, -0.25) is 0 Å². The summed E-state index contributed by atoms with van der Waals surface area (Å²) in [5, 5.41) is 2.15. The molecule has 4 atom stereocenters. The van der Waals surface area contributed by atoms with Gasteiger partial charge < -0.3 is 19.1 Å². The Kier molecular flexibility index (Phi) is 6.39. The average Bonchev–Trinajstić information content (AvgIpc) is 3.95.